The normalized spacial score (nSPS) is 14.5. The summed E-state index contributed by atoms with van der Waals surface area (Å²) >= 11 is 0. The molecule has 0 radical (unpaired) electrons. The molecule has 0 spiro atoms. The minimum absolute atomic E-state index is 0.00326. The summed E-state index contributed by atoms with van der Waals surface area (Å²) in [6.45, 7) is 23.3. The number of para-hydroxylation sites is 1. The molecule has 0 saturated heterocycles. The predicted molar refractivity (Wildman–Crippen MR) is 235 cm³/mol. The molecule has 61 heavy (non-hydrogen) atoms. The first kappa shape index (κ1) is 51.0. The van der Waals surface area contributed by atoms with Crippen LogP contribution < -0.4 is 15.5 Å². The molecule has 2 aromatic carbocycles. The molecule has 3 rings (SSSR count). The molecule has 1 aliphatic heterocycles. The second-order valence-corrected chi connectivity index (χ2v) is 18.9. The number of nitrogens with one attached hydrogen (secondary N) is 2. The van der Waals surface area contributed by atoms with Gasteiger partial charge in [0.05, 0.1) is 62.3 Å². The first-order valence-corrected chi connectivity index (χ1v) is 21.4. The monoisotopic (exact) mass is 850 g/mol. The lowest BCUT2D eigenvalue weighted by molar-refractivity contribution is -0.166. The minimum atomic E-state index is -1.03. The Balaban J connectivity index is 1.65. The van der Waals surface area contributed by atoms with E-state index in [1.165, 1.54) is 0 Å². The number of anilines is 1. The van der Waals surface area contributed by atoms with Gasteiger partial charge in [-0.2, -0.15) is 0 Å². The molecule has 2 aromatic rings. The van der Waals surface area contributed by atoms with Crippen LogP contribution in [0.5, 0.6) is 0 Å². The van der Waals surface area contributed by atoms with Crippen LogP contribution in [0.1, 0.15) is 138 Å². The molecule has 0 bridgehead atoms. The van der Waals surface area contributed by atoms with Crippen molar-refractivity contribution >= 4 is 29.4 Å². The molecule has 13 nitrogen and oxygen atoms in total. The standard InChI is InChI=1S/C48H71N3O10/c1-13-27-56-38(31-49-40(52)24-25-41(53)51-32-37-20-15-14-18-35(37)22-23-36-19-16-17-21-39(36)51)33-58-48(12,26-28-57-46(8,9)29-42(54)60-44(2,3)4)50-34-59-47(10,11)30-43(55)61-45(5,6)7/h14-21,38,50H,13,24-34H2,1-12H3,(H,49,52). The summed E-state index contributed by atoms with van der Waals surface area (Å²) in [6, 6.07) is 15.3. The summed E-state index contributed by atoms with van der Waals surface area (Å²) in [6.07, 6.45) is 0.653. The van der Waals surface area contributed by atoms with Gasteiger partial charge in [-0.1, -0.05) is 49.1 Å². The number of fused-ring (bicyclic) bond motifs is 2. The lowest BCUT2D eigenvalue weighted by Crippen LogP contribution is -2.50. The van der Waals surface area contributed by atoms with E-state index >= 15 is 0 Å². The Hall–Kier alpha value is -4.32. The number of ether oxygens (including phenoxy) is 6. The maximum atomic E-state index is 13.7. The van der Waals surface area contributed by atoms with Crippen LogP contribution in [0.25, 0.3) is 0 Å². The van der Waals surface area contributed by atoms with Crippen molar-refractivity contribution in [3.05, 3.63) is 65.2 Å². The average Bonchev–Trinajstić information content (AvgIpc) is 3.12. The van der Waals surface area contributed by atoms with Gasteiger partial charge in [0.15, 0.2) is 0 Å². The van der Waals surface area contributed by atoms with Crippen LogP contribution in [0.3, 0.4) is 0 Å². The molecule has 0 aliphatic carbocycles. The van der Waals surface area contributed by atoms with Gasteiger partial charge in [-0.05, 0) is 106 Å². The number of carbonyl (C=O) groups excluding carboxylic acids is 4. The molecular weight excluding hydrogens is 779 g/mol. The van der Waals surface area contributed by atoms with E-state index in [0.717, 1.165) is 23.1 Å². The van der Waals surface area contributed by atoms with Crippen molar-refractivity contribution in [2.24, 2.45) is 0 Å². The second-order valence-electron chi connectivity index (χ2n) is 18.9. The number of carbonyl (C=O) groups is 4. The van der Waals surface area contributed by atoms with E-state index in [9.17, 15) is 19.2 Å². The second kappa shape index (κ2) is 22.7. The third-order valence-electron chi connectivity index (χ3n) is 9.37. The Labute approximate surface area is 364 Å². The average molecular weight is 850 g/mol. The molecule has 2 amide bonds. The van der Waals surface area contributed by atoms with Crippen molar-refractivity contribution in [1.29, 1.82) is 0 Å². The molecule has 13 heteroatoms. The lowest BCUT2D eigenvalue weighted by atomic mass is 10.0. The first-order valence-electron chi connectivity index (χ1n) is 21.4. The molecule has 2 atom stereocenters. The fourth-order valence-electron chi connectivity index (χ4n) is 6.28. The third kappa shape index (κ3) is 19.5. The van der Waals surface area contributed by atoms with Gasteiger partial charge in [0, 0.05) is 43.5 Å². The predicted octanol–water partition coefficient (Wildman–Crippen LogP) is 7.35. The Morgan fingerprint density at radius 3 is 1.92 bits per heavy atom. The molecular formula is C48H71N3O10. The van der Waals surface area contributed by atoms with Crippen molar-refractivity contribution in [3.63, 3.8) is 0 Å². The van der Waals surface area contributed by atoms with Gasteiger partial charge in [-0.3, -0.25) is 24.5 Å². The van der Waals surface area contributed by atoms with Crippen LogP contribution in [0.2, 0.25) is 0 Å². The highest BCUT2D eigenvalue weighted by molar-refractivity contribution is 5.97. The van der Waals surface area contributed by atoms with Gasteiger partial charge < -0.3 is 38.6 Å². The Morgan fingerprint density at radius 2 is 1.30 bits per heavy atom. The zero-order valence-corrected chi connectivity index (χ0v) is 38.7. The summed E-state index contributed by atoms with van der Waals surface area (Å²) in [4.78, 5) is 53.9. The molecule has 1 aliphatic rings. The summed E-state index contributed by atoms with van der Waals surface area (Å²) in [5, 5.41) is 6.28. The Morgan fingerprint density at radius 1 is 0.721 bits per heavy atom. The number of benzene rings is 2. The van der Waals surface area contributed by atoms with E-state index in [1.54, 1.807) is 4.90 Å². The quantitative estimate of drug-likeness (QED) is 0.0657. The Kier molecular flexibility index (Phi) is 19.0. The molecule has 2 N–H and O–H groups in total. The number of amides is 2. The zero-order valence-electron chi connectivity index (χ0n) is 38.7. The maximum absolute atomic E-state index is 13.7. The van der Waals surface area contributed by atoms with Gasteiger partial charge in [0.1, 0.15) is 16.9 Å². The first-order chi connectivity index (χ1) is 28.4. The van der Waals surface area contributed by atoms with Crippen molar-refractivity contribution in [3.8, 4) is 11.8 Å². The highest BCUT2D eigenvalue weighted by atomic mass is 16.6. The highest BCUT2D eigenvalue weighted by Gasteiger charge is 2.33. The van der Waals surface area contributed by atoms with Crippen molar-refractivity contribution < 1.29 is 47.6 Å². The van der Waals surface area contributed by atoms with E-state index in [2.05, 4.69) is 22.5 Å². The number of esters is 2. The number of hydrogen-bond acceptors (Lipinski definition) is 11. The Bertz CT molecular complexity index is 1780. The highest BCUT2D eigenvalue weighted by Crippen LogP contribution is 2.27. The molecule has 1 heterocycles. The van der Waals surface area contributed by atoms with Gasteiger partial charge in [-0.15, -0.1) is 0 Å². The van der Waals surface area contributed by atoms with Gasteiger partial charge in [0.25, 0.3) is 0 Å². The van der Waals surface area contributed by atoms with Crippen molar-refractivity contribution in [1.82, 2.24) is 10.6 Å². The van der Waals surface area contributed by atoms with E-state index < -0.39 is 34.2 Å². The smallest absolute Gasteiger partial charge is 0.309 e. The van der Waals surface area contributed by atoms with Gasteiger partial charge in [0.2, 0.25) is 11.8 Å². The van der Waals surface area contributed by atoms with E-state index in [4.69, 9.17) is 28.4 Å². The van der Waals surface area contributed by atoms with E-state index in [1.807, 2.05) is 132 Å². The SMILES string of the molecule is CCCOC(CNC(=O)CCC(=O)N1Cc2ccccc2C#Cc2ccccc21)COC(C)(CCOC(C)(C)CC(=O)OC(C)(C)C)NCOC(C)(C)CC(=O)OC(C)(C)C. The number of nitrogens with zero attached hydrogens (tertiary/aromatic N) is 1. The molecule has 2 unspecified atom stereocenters. The maximum Gasteiger partial charge on any atom is 0.309 e. The van der Waals surface area contributed by atoms with Crippen LogP contribution in [0.4, 0.5) is 5.69 Å². The molecule has 0 fully saturated rings. The van der Waals surface area contributed by atoms with Gasteiger partial charge >= 0.3 is 11.9 Å². The summed E-state index contributed by atoms with van der Waals surface area (Å²) in [5.74, 6) is 5.22. The zero-order chi connectivity index (χ0) is 45.5. The summed E-state index contributed by atoms with van der Waals surface area (Å²) in [5.41, 5.74) is -0.668. The topological polar surface area (TPSA) is 151 Å². The summed E-state index contributed by atoms with van der Waals surface area (Å²) in [7, 11) is 0. The number of rotatable bonds is 23. The molecule has 0 aromatic heterocycles. The summed E-state index contributed by atoms with van der Waals surface area (Å²) < 4.78 is 36.0. The largest absolute Gasteiger partial charge is 0.460 e. The van der Waals surface area contributed by atoms with Crippen LogP contribution in [-0.2, 0) is 54.1 Å². The third-order valence-corrected chi connectivity index (χ3v) is 9.37. The number of hydrogen-bond donors (Lipinski definition) is 2. The van der Waals surface area contributed by atoms with Crippen LogP contribution in [0.15, 0.2) is 48.5 Å². The van der Waals surface area contributed by atoms with Gasteiger partial charge in [-0.25, -0.2) is 0 Å². The van der Waals surface area contributed by atoms with E-state index in [-0.39, 0.29) is 75.9 Å². The fourth-order valence-corrected chi connectivity index (χ4v) is 6.28. The minimum Gasteiger partial charge on any atom is -0.460 e. The van der Waals surface area contributed by atoms with Crippen LogP contribution in [-0.4, -0.2) is 91.1 Å². The van der Waals surface area contributed by atoms with Crippen LogP contribution in [0, 0.1) is 11.8 Å². The lowest BCUT2D eigenvalue weighted by Gasteiger charge is -2.36. The fraction of sp³-hybridized carbons (Fsp3) is 0.625. The molecule has 0 saturated carbocycles. The molecule has 338 valence electrons. The van der Waals surface area contributed by atoms with Crippen molar-refractivity contribution in [2.45, 2.75) is 162 Å². The van der Waals surface area contributed by atoms with Crippen LogP contribution >= 0.6 is 0 Å². The van der Waals surface area contributed by atoms with Crippen molar-refractivity contribution in [2.75, 3.05) is 38.0 Å². The van der Waals surface area contributed by atoms with E-state index in [0.29, 0.717) is 25.3 Å².